The van der Waals surface area contributed by atoms with Crippen LogP contribution in [0.25, 0.3) is 27.7 Å². The van der Waals surface area contributed by atoms with Crippen molar-refractivity contribution in [2.24, 2.45) is 5.41 Å². The normalized spacial score (nSPS) is 12.9. The average Bonchev–Trinajstić information content (AvgIpc) is 3.19. The molecule has 4 aromatic rings. The number of hydrogen-bond donors (Lipinski definition) is 3. The van der Waals surface area contributed by atoms with Gasteiger partial charge in [-0.25, -0.2) is 9.37 Å². The molecule has 0 bridgehead atoms. The Labute approximate surface area is 191 Å². The number of fused-ring (bicyclic) bond motifs is 2. The Morgan fingerprint density at radius 1 is 1.34 bits per heavy atom. The molecule has 4 rings (SSSR count). The molecule has 1 aromatic carbocycles. The van der Waals surface area contributed by atoms with E-state index in [2.05, 4.69) is 31.3 Å². The van der Waals surface area contributed by atoms with Gasteiger partial charge in [0.2, 0.25) is 5.91 Å². The SMILES string of the molecule is CC(NC(=O)C(C)(C)CO)c1nc2c(-c3cnc4ccc(F)cc4c3)cnn2c(N)c1Br. The zero-order chi connectivity index (χ0) is 23.2. The first-order chi connectivity index (χ1) is 15.1. The van der Waals surface area contributed by atoms with Crippen LogP contribution in [-0.2, 0) is 4.79 Å². The largest absolute Gasteiger partial charge is 0.395 e. The van der Waals surface area contributed by atoms with Crippen molar-refractivity contribution in [3.05, 3.63) is 52.6 Å². The summed E-state index contributed by atoms with van der Waals surface area (Å²) in [6, 6.07) is 5.72. The molecular formula is C22H22BrFN6O2. The predicted molar refractivity (Wildman–Crippen MR) is 123 cm³/mol. The van der Waals surface area contributed by atoms with E-state index < -0.39 is 11.5 Å². The molecule has 0 aliphatic heterocycles. The standard InChI is InChI=1S/C22H22BrFN6O2/c1-11(28-21(32)22(2,3)10-31)18-17(23)19(25)30-20(29-18)15(9-27-30)13-6-12-7-14(24)4-5-16(12)26-8-13/h4-9,11,31H,10,25H2,1-3H3,(H,28,32). The van der Waals surface area contributed by atoms with Crippen LogP contribution >= 0.6 is 15.9 Å². The number of nitrogen functional groups attached to an aromatic ring is 1. The van der Waals surface area contributed by atoms with Gasteiger partial charge in [-0.05, 0) is 61.0 Å². The molecule has 0 radical (unpaired) electrons. The maximum atomic E-state index is 13.7. The van der Waals surface area contributed by atoms with E-state index in [0.29, 0.717) is 43.7 Å². The number of halogens is 2. The maximum absolute atomic E-state index is 13.7. The number of carbonyl (C=O) groups is 1. The van der Waals surface area contributed by atoms with Gasteiger partial charge in [0.05, 0.1) is 39.9 Å². The van der Waals surface area contributed by atoms with E-state index in [1.807, 2.05) is 6.07 Å². The summed E-state index contributed by atoms with van der Waals surface area (Å²) in [6.45, 7) is 4.80. The molecule has 166 valence electrons. The summed E-state index contributed by atoms with van der Waals surface area (Å²) in [5, 5.41) is 17.3. The first kappa shape index (κ1) is 22.1. The van der Waals surface area contributed by atoms with Crippen LogP contribution in [0.15, 0.2) is 41.1 Å². The van der Waals surface area contributed by atoms with Gasteiger partial charge < -0.3 is 16.2 Å². The second-order valence-electron chi connectivity index (χ2n) is 8.29. The molecule has 4 N–H and O–H groups in total. The van der Waals surface area contributed by atoms with Crippen molar-refractivity contribution in [3.8, 4) is 11.1 Å². The van der Waals surface area contributed by atoms with Gasteiger partial charge >= 0.3 is 0 Å². The molecule has 0 aliphatic carbocycles. The quantitative estimate of drug-likeness (QED) is 0.385. The maximum Gasteiger partial charge on any atom is 0.228 e. The minimum atomic E-state index is -0.940. The minimum absolute atomic E-state index is 0.288. The fourth-order valence-electron chi connectivity index (χ4n) is 3.29. The van der Waals surface area contributed by atoms with E-state index in [4.69, 9.17) is 10.7 Å². The van der Waals surface area contributed by atoms with Gasteiger partial charge in [0.1, 0.15) is 11.6 Å². The summed E-state index contributed by atoms with van der Waals surface area (Å²) in [5.41, 5.74) is 8.38. The van der Waals surface area contributed by atoms with Gasteiger partial charge in [-0.2, -0.15) is 9.61 Å². The molecule has 1 unspecified atom stereocenters. The fourth-order valence-corrected chi connectivity index (χ4v) is 3.89. The first-order valence-electron chi connectivity index (χ1n) is 9.92. The number of aliphatic hydroxyl groups excluding tert-OH is 1. The monoisotopic (exact) mass is 500 g/mol. The van der Waals surface area contributed by atoms with Crippen LogP contribution in [0.3, 0.4) is 0 Å². The van der Waals surface area contributed by atoms with E-state index in [9.17, 15) is 14.3 Å². The molecule has 0 aliphatic rings. The lowest BCUT2D eigenvalue weighted by Gasteiger charge is -2.24. The Balaban J connectivity index is 1.80. The van der Waals surface area contributed by atoms with Crippen LogP contribution < -0.4 is 11.1 Å². The highest BCUT2D eigenvalue weighted by Crippen LogP contribution is 2.33. The number of amides is 1. The van der Waals surface area contributed by atoms with Gasteiger partial charge in [0, 0.05) is 22.7 Å². The van der Waals surface area contributed by atoms with E-state index in [-0.39, 0.29) is 18.3 Å². The zero-order valence-corrected chi connectivity index (χ0v) is 19.3. The third-order valence-corrected chi connectivity index (χ3v) is 6.18. The molecular weight excluding hydrogens is 479 g/mol. The zero-order valence-electron chi connectivity index (χ0n) is 17.7. The van der Waals surface area contributed by atoms with Crippen LogP contribution in [-0.4, -0.2) is 37.2 Å². The van der Waals surface area contributed by atoms with Gasteiger partial charge in [-0.15, -0.1) is 0 Å². The lowest BCUT2D eigenvalue weighted by atomic mass is 9.93. The number of nitrogens with one attached hydrogen (secondary N) is 1. The van der Waals surface area contributed by atoms with E-state index in [0.717, 1.165) is 0 Å². The third-order valence-electron chi connectivity index (χ3n) is 5.37. The number of carbonyl (C=O) groups excluding carboxylic acids is 1. The van der Waals surface area contributed by atoms with Crippen molar-refractivity contribution in [3.63, 3.8) is 0 Å². The van der Waals surface area contributed by atoms with Crippen molar-refractivity contribution in [1.29, 1.82) is 0 Å². The van der Waals surface area contributed by atoms with Crippen molar-refractivity contribution in [2.45, 2.75) is 26.8 Å². The lowest BCUT2D eigenvalue weighted by molar-refractivity contribution is -0.132. The molecule has 0 spiro atoms. The molecule has 3 heterocycles. The van der Waals surface area contributed by atoms with Crippen LogP contribution in [0.4, 0.5) is 10.2 Å². The number of aliphatic hydroxyl groups is 1. The first-order valence-corrected chi connectivity index (χ1v) is 10.7. The van der Waals surface area contributed by atoms with Crippen LogP contribution in [0.5, 0.6) is 0 Å². The summed E-state index contributed by atoms with van der Waals surface area (Å²) < 4.78 is 15.7. The molecule has 3 aromatic heterocycles. The Kier molecular flexibility index (Phi) is 5.59. The summed E-state index contributed by atoms with van der Waals surface area (Å²) in [6.07, 6.45) is 3.29. The lowest BCUT2D eigenvalue weighted by Crippen LogP contribution is -2.40. The molecule has 0 saturated carbocycles. The second kappa shape index (κ2) is 8.10. The number of nitrogens with zero attached hydrogens (tertiary/aromatic N) is 4. The Hall–Kier alpha value is -3.11. The molecule has 10 heteroatoms. The fraction of sp³-hybridized carbons (Fsp3) is 0.273. The number of hydrogen-bond acceptors (Lipinski definition) is 6. The van der Waals surface area contributed by atoms with E-state index in [1.54, 1.807) is 39.2 Å². The topological polar surface area (TPSA) is 118 Å². The number of benzene rings is 1. The third kappa shape index (κ3) is 3.80. The van der Waals surface area contributed by atoms with E-state index >= 15 is 0 Å². The van der Waals surface area contributed by atoms with Crippen LogP contribution in [0, 0.1) is 11.2 Å². The highest BCUT2D eigenvalue weighted by Gasteiger charge is 2.29. The van der Waals surface area contributed by atoms with Crippen LogP contribution in [0.1, 0.15) is 32.5 Å². The number of nitrogens with two attached hydrogens (primary N) is 1. The predicted octanol–water partition coefficient (Wildman–Crippen LogP) is 3.62. The van der Waals surface area contributed by atoms with Gasteiger partial charge in [0.15, 0.2) is 5.65 Å². The van der Waals surface area contributed by atoms with Crippen molar-refractivity contribution >= 4 is 44.2 Å². The highest BCUT2D eigenvalue weighted by atomic mass is 79.9. The van der Waals surface area contributed by atoms with Gasteiger partial charge in [-0.3, -0.25) is 9.78 Å². The molecule has 32 heavy (non-hydrogen) atoms. The van der Waals surface area contributed by atoms with Crippen molar-refractivity contribution in [1.82, 2.24) is 24.9 Å². The minimum Gasteiger partial charge on any atom is -0.395 e. The number of aromatic nitrogens is 4. The van der Waals surface area contributed by atoms with Gasteiger partial charge in [-0.1, -0.05) is 0 Å². The smallest absolute Gasteiger partial charge is 0.228 e. The molecule has 8 nitrogen and oxygen atoms in total. The average molecular weight is 501 g/mol. The Bertz CT molecular complexity index is 1350. The Morgan fingerprint density at radius 2 is 2.09 bits per heavy atom. The number of rotatable bonds is 5. The molecule has 1 atom stereocenters. The molecule has 0 saturated heterocycles. The molecule has 1 amide bonds. The number of pyridine rings is 1. The number of anilines is 1. The van der Waals surface area contributed by atoms with E-state index in [1.165, 1.54) is 16.6 Å². The summed E-state index contributed by atoms with van der Waals surface area (Å²) in [5.74, 6) is -0.340. The Morgan fingerprint density at radius 3 is 2.81 bits per heavy atom. The summed E-state index contributed by atoms with van der Waals surface area (Å²) in [7, 11) is 0. The summed E-state index contributed by atoms with van der Waals surface area (Å²) in [4.78, 5) is 21.7. The molecule has 0 fully saturated rings. The second-order valence-corrected chi connectivity index (χ2v) is 9.08. The van der Waals surface area contributed by atoms with Crippen LogP contribution in [0.2, 0.25) is 0 Å². The van der Waals surface area contributed by atoms with Crippen molar-refractivity contribution < 1.29 is 14.3 Å². The van der Waals surface area contributed by atoms with Crippen molar-refractivity contribution in [2.75, 3.05) is 12.3 Å². The van der Waals surface area contributed by atoms with Gasteiger partial charge in [0.25, 0.3) is 0 Å². The summed E-state index contributed by atoms with van der Waals surface area (Å²) >= 11 is 3.46. The highest BCUT2D eigenvalue weighted by molar-refractivity contribution is 9.10.